The molecule has 2 aromatic heterocycles. The summed E-state index contributed by atoms with van der Waals surface area (Å²) in [4.78, 5) is 19.4. The summed E-state index contributed by atoms with van der Waals surface area (Å²) in [6.07, 6.45) is -2.48. The maximum atomic E-state index is 14.2. The molecule has 0 spiro atoms. The number of rotatable bonds is 4. The molecule has 1 N–H and O–H groups in total. The average Bonchev–Trinajstić information content (AvgIpc) is 2.64. The first kappa shape index (κ1) is 18.3. The van der Waals surface area contributed by atoms with Gasteiger partial charge in [0.25, 0.3) is 5.91 Å². The highest BCUT2D eigenvalue weighted by atomic mass is 19.4. The third kappa shape index (κ3) is 4.57. The van der Waals surface area contributed by atoms with Crippen LogP contribution in [0.25, 0.3) is 0 Å². The van der Waals surface area contributed by atoms with Gasteiger partial charge in [0.1, 0.15) is 5.69 Å². The zero-order valence-corrected chi connectivity index (χ0v) is 13.5. The lowest BCUT2D eigenvalue weighted by molar-refractivity contribution is -0.137. The summed E-state index contributed by atoms with van der Waals surface area (Å²) in [5.41, 5.74) is -0.619. The fourth-order valence-electron chi connectivity index (χ4n) is 2.07. The van der Waals surface area contributed by atoms with Crippen molar-refractivity contribution in [3.63, 3.8) is 0 Å². The van der Waals surface area contributed by atoms with Gasteiger partial charge in [-0.25, -0.2) is 9.37 Å². The molecule has 0 saturated heterocycles. The number of nitrogens with zero attached hydrogens (tertiary/aromatic N) is 2. The quantitative estimate of drug-likeness (QED) is 0.671. The molecule has 2 heterocycles. The van der Waals surface area contributed by atoms with E-state index in [2.05, 4.69) is 15.3 Å². The molecule has 3 rings (SSSR count). The van der Waals surface area contributed by atoms with Crippen molar-refractivity contribution in [1.82, 2.24) is 9.97 Å². The number of alkyl halides is 3. The van der Waals surface area contributed by atoms with Crippen molar-refractivity contribution in [1.29, 1.82) is 0 Å². The Morgan fingerprint density at radius 3 is 2.44 bits per heavy atom. The van der Waals surface area contributed by atoms with Crippen LogP contribution in [-0.2, 0) is 6.18 Å². The second kappa shape index (κ2) is 7.40. The van der Waals surface area contributed by atoms with Gasteiger partial charge >= 0.3 is 6.18 Å². The molecule has 138 valence electrons. The zero-order chi connectivity index (χ0) is 19.4. The number of anilines is 1. The number of pyridine rings is 2. The van der Waals surface area contributed by atoms with Crippen molar-refractivity contribution in [2.75, 3.05) is 5.32 Å². The Kier molecular flexibility index (Phi) is 5.02. The molecule has 0 radical (unpaired) electrons. The molecule has 1 aromatic carbocycles. The summed E-state index contributed by atoms with van der Waals surface area (Å²) in [6, 6.07) is 10.2. The minimum Gasteiger partial charge on any atom is -0.436 e. The number of carbonyl (C=O) groups is 1. The van der Waals surface area contributed by atoms with Gasteiger partial charge in [0.05, 0.1) is 5.56 Å². The summed E-state index contributed by atoms with van der Waals surface area (Å²) in [6.45, 7) is 0. The molecule has 0 aliphatic rings. The van der Waals surface area contributed by atoms with Gasteiger partial charge in [-0.05, 0) is 30.3 Å². The van der Waals surface area contributed by atoms with Crippen LogP contribution >= 0.6 is 0 Å². The number of nitrogens with one attached hydrogen (secondary N) is 1. The highest BCUT2D eigenvalue weighted by Crippen LogP contribution is 2.31. The molecule has 5 nitrogen and oxygen atoms in total. The van der Waals surface area contributed by atoms with Crippen LogP contribution in [0.1, 0.15) is 16.1 Å². The maximum absolute atomic E-state index is 14.2. The number of ether oxygens (including phenoxy) is 1. The van der Waals surface area contributed by atoms with E-state index in [0.717, 1.165) is 18.2 Å². The molecule has 0 bridgehead atoms. The molecule has 0 unspecified atom stereocenters. The first-order valence-corrected chi connectivity index (χ1v) is 7.56. The molecule has 0 aliphatic heterocycles. The van der Waals surface area contributed by atoms with E-state index in [0.29, 0.717) is 6.20 Å². The molecule has 1 amide bonds. The minimum absolute atomic E-state index is 0.159. The Morgan fingerprint density at radius 2 is 1.85 bits per heavy atom. The van der Waals surface area contributed by atoms with Gasteiger partial charge in [0.2, 0.25) is 5.88 Å². The molecule has 27 heavy (non-hydrogen) atoms. The maximum Gasteiger partial charge on any atom is 0.417 e. The minimum atomic E-state index is -4.52. The van der Waals surface area contributed by atoms with Crippen LogP contribution in [0.3, 0.4) is 0 Å². The van der Waals surface area contributed by atoms with E-state index in [1.807, 2.05) is 0 Å². The second-order valence-electron chi connectivity index (χ2n) is 5.30. The van der Waals surface area contributed by atoms with Gasteiger partial charge in [0.15, 0.2) is 11.6 Å². The van der Waals surface area contributed by atoms with E-state index < -0.39 is 23.5 Å². The predicted octanol–water partition coefficient (Wildman–Crippen LogP) is 4.68. The molecular formula is C18H11F4N3O2. The number of carbonyl (C=O) groups excluding carboxylic acids is 1. The molecule has 9 heteroatoms. The average molecular weight is 377 g/mol. The SMILES string of the molecule is O=C(Nc1ccc(Oc2ccc(C(F)(F)F)cn2)c(F)c1)c1ccccn1. The third-order valence-electron chi connectivity index (χ3n) is 3.37. The van der Waals surface area contributed by atoms with Gasteiger partial charge in [-0.2, -0.15) is 13.2 Å². The van der Waals surface area contributed by atoms with Crippen LogP contribution in [-0.4, -0.2) is 15.9 Å². The Labute approximate surface area is 150 Å². The molecular weight excluding hydrogens is 366 g/mol. The number of halogens is 4. The molecule has 0 aliphatic carbocycles. The van der Waals surface area contributed by atoms with Crippen LogP contribution in [0.2, 0.25) is 0 Å². The van der Waals surface area contributed by atoms with Gasteiger partial charge in [-0.1, -0.05) is 6.07 Å². The number of amides is 1. The number of aromatic nitrogens is 2. The highest BCUT2D eigenvalue weighted by molar-refractivity contribution is 6.02. The van der Waals surface area contributed by atoms with Crippen molar-refractivity contribution in [2.24, 2.45) is 0 Å². The molecule has 3 aromatic rings. The van der Waals surface area contributed by atoms with Crippen molar-refractivity contribution < 1.29 is 27.1 Å². The van der Waals surface area contributed by atoms with Crippen LogP contribution in [0.15, 0.2) is 60.9 Å². The van der Waals surface area contributed by atoms with Crippen molar-refractivity contribution in [3.05, 3.63) is 78.0 Å². The summed E-state index contributed by atoms with van der Waals surface area (Å²) >= 11 is 0. The number of hydrogen-bond donors (Lipinski definition) is 1. The standard InChI is InChI=1S/C18H11F4N3O2/c19-13-9-12(25-17(26)14-3-1-2-8-23-14)5-6-15(13)27-16-7-4-11(10-24-16)18(20,21)22/h1-10H,(H,25,26). The van der Waals surface area contributed by atoms with E-state index in [1.54, 1.807) is 12.1 Å². The van der Waals surface area contributed by atoms with Crippen molar-refractivity contribution in [3.8, 4) is 11.6 Å². The fourth-order valence-corrected chi connectivity index (χ4v) is 2.07. The van der Waals surface area contributed by atoms with Gasteiger partial charge in [-0.15, -0.1) is 0 Å². The summed E-state index contributed by atoms with van der Waals surface area (Å²) in [5, 5.41) is 2.48. The van der Waals surface area contributed by atoms with E-state index in [1.165, 1.54) is 24.4 Å². The lowest BCUT2D eigenvalue weighted by Crippen LogP contribution is -2.13. The molecule has 0 atom stereocenters. The number of hydrogen-bond acceptors (Lipinski definition) is 4. The molecule has 0 saturated carbocycles. The van der Waals surface area contributed by atoms with E-state index >= 15 is 0 Å². The zero-order valence-electron chi connectivity index (χ0n) is 13.5. The topological polar surface area (TPSA) is 64.1 Å². The Hall–Kier alpha value is -3.49. The molecule has 0 fully saturated rings. The second-order valence-corrected chi connectivity index (χ2v) is 5.30. The van der Waals surface area contributed by atoms with Crippen LogP contribution in [0.4, 0.5) is 23.2 Å². The van der Waals surface area contributed by atoms with Crippen molar-refractivity contribution in [2.45, 2.75) is 6.18 Å². The lowest BCUT2D eigenvalue weighted by Gasteiger charge is -2.10. The van der Waals surface area contributed by atoms with Gasteiger partial charge in [0, 0.05) is 30.2 Å². The first-order valence-electron chi connectivity index (χ1n) is 7.56. The van der Waals surface area contributed by atoms with Gasteiger partial charge < -0.3 is 10.1 Å². The van der Waals surface area contributed by atoms with Crippen LogP contribution in [0, 0.1) is 5.82 Å². The highest BCUT2D eigenvalue weighted by Gasteiger charge is 2.30. The largest absolute Gasteiger partial charge is 0.436 e. The lowest BCUT2D eigenvalue weighted by atomic mass is 10.2. The summed E-state index contributed by atoms with van der Waals surface area (Å²) in [5.74, 6) is -1.80. The first-order chi connectivity index (χ1) is 12.8. The van der Waals surface area contributed by atoms with E-state index in [9.17, 15) is 22.4 Å². The van der Waals surface area contributed by atoms with Crippen molar-refractivity contribution >= 4 is 11.6 Å². The normalized spacial score (nSPS) is 11.1. The predicted molar refractivity (Wildman–Crippen MR) is 87.9 cm³/mol. The third-order valence-corrected chi connectivity index (χ3v) is 3.37. The smallest absolute Gasteiger partial charge is 0.417 e. The Balaban J connectivity index is 1.70. The Morgan fingerprint density at radius 1 is 1.04 bits per heavy atom. The summed E-state index contributed by atoms with van der Waals surface area (Å²) in [7, 11) is 0. The van der Waals surface area contributed by atoms with E-state index in [4.69, 9.17) is 4.74 Å². The van der Waals surface area contributed by atoms with Crippen LogP contribution in [0.5, 0.6) is 11.6 Å². The summed E-state index contributed by atoms with van der Waals surface area (Å²) < 4.78 is 56.8. The van der Waals surface area contributed by atoms with Crippen LogP contribution < -0.4 is 10.1 Å². The monoisotopic (exact) mass is 377 g/mol. The van der Waals surface area contributed by atoms with Gasteiger partial charge in [-0.3, -0.25) is 9.78 Å². The number of benzene rings is 1. The van der Waals surface area contributed by atoms with E-state index in [-0.39, 0.29) is 23.0 Å². The fraction of sp³-hybridized carbons (Fsp3) is 0.0556. The Bertz CT molecular complexity index is 945.